The average molecular weight is 257 g/mol. The van der Waals surface area contributed by atoms with E-state index in [9.17, 15) is 5.11 Å². The van der Waals surface area contributed by atoms with Crippen molar-refractivity contribution in [3.05, 3.63) is 35.4 Å². The van der Waals surface area contributed by atoms with Gasteiger partial charge in [0, 0.05) is 19.6 Å². The summed E-state index contributed by atoms with van der Waals surface area (Å²) in [4.78, 5) is 2.31. The van der Waals surface area contributed by atoms with Gasteiger partial charge in [-0.15, -0.1) is 12.4 Å². The number of nitrogens with two attached hydrogens (primary N) is 1. The summed E-state index contributed by atoms with van der Waals surface area (Å²) in [5.74, 6) is 0. The molecule has 0 bridgehead atoms. The van der Waals surface area contributed by atoms with Gasteiger partial charge in [-0.25, -0.2) is 0 Å². The largest absolute Gasteiger partial charge is 0.392 e. The molecule has 1 unspecified atom stereocenters. The molecule has 1 aromatic carbocycles. The Labute approximate surface area is 109 Å². The minimum atomic E-state index is -0.142. The molecule has 1 saturated heterocycles. The summed E-state index contributed by atoms with van der Waals surface area (Å²) in [6.07, 6.45) is 1.90. The second-order valence-corrected chi connectivity index (χ2v) is 4.55. The lowest BCUT2D eigenvalue weighted by molar-refractivity contribution is 0.0668. The zero-order valence-electron chi connectivity index (χ0n) is 10.0. The predicted octanol–water partition coefficient (Wildman–Crippen LogP) is 1.52. The van der Waals surface area contributed by atoms with Crippen molar-refractivity contribution in [2.75, 3.05) is 13.1 Å². The summed E-state index contributed by atoms with van der Waals surface area (Å²) in [7, 11) is 0. The van der Waals surface area contributed by atoms with Crippen LogP contribution in [0.3, 0.4) is 0 Å². The number of benzene rings is 1. The minimum absolute atomic E-state index is 0. The Balaban J connectivity index is 0.00000144. The van der Waals surface area contributed by atoms with E-state index in [-0.39, 0.29) is 18.5 Å². The highest BCUT2D eigenvalue weighted by Crippen LogP contribution is 2.14. The normalized spacial score (nSPS) is 20.9. The summed E-state index contributed by atoms with van der Waals surface area (Å²) >= 11 is 0. The maximum absolute atomic E-state index is 9.58. The van der Waals surface area contributed by atoms with Crippen molar-refractivity contribution in [1.29, 1.82) is 0 Å². The van der Waals surface area contributed by atoms with Crippen LogP contribution in [0, 0.1) is 0 Å². The topological polar surface area (TPSA) is 49.5 Å². The number of piperidine rings is 1. The van der Waals surface area contributed by atoms with Crippen molar-refractivity contribution < 1.29 is 5.11 Å². The van der Waals surface area contributed by atoms with Crippen LogP contribution in [0.4, 0.5) is 0 Å². The smallest absolute Gasteiger partial charge is 0.0667 e. The lowest BCUT2D eigenvalue weighted by Gasteiger charge is -2.29. The summed E-state index contributed by atoms with van der Waals surface area (Å²) in [6, 6.07) is 8.41. The van der Waals surface area contributed by atoms with Gasteiger partial charge in [-0.2, -0.15) is 0 Å². The van der Waals surface area contributed by atoms with Crippen LogP contribution < -0.4 is 5.73 Å². The number of hydrogen-bond donors (Lipinski definition) is 2. The molecular weight excluding hydrogens is 236 g/mol. The standard InChI is InChI=1S/C13H20N2O.ClH/c14-8-11-3-5-12(6-4-11)9-15-7-1-2-13(16)10-15;/h3-6,13,16H,1-2,7-10,14H2;1H. The molecule has 0 aliphatic carbocycles. The second kappa shape index (κ2) is 6.97. The van der Waals surface area contributed by atoms with Gasteiger partial charge in [-0.3, -0.25) is 4.90 Å². The molecule has 0 radical (unpaired) electrons. The minimum Gasteiger partial charge on any atom is -0.392 e. The zero-order chi connectivity index (χ0) is 11.4. The van der Waals surface area contributed by atoms with Gasteiger partial charge in [0.15, 0.2) is 0 Å². The van der Waals surface area contributed by atoms with Crippen LogP contribution >= 0.6 is 12.4 Å². The zero-order valence-corrected chi connectivity index (χ0v) is 10.8. The summed E-state index contributed by atoms with van der Waals surface area (Å²) in [6.45, 7) is 3.43. The van der Waals surface area contributed by atoms with E-state index in [0.29, 0.717) is 6.54 Å². The molecule has 1 aromatic rings. The van der Waals surface area contributed by atoms with E-state index in [2.05, 4.69) is 29.2 Å². The van der Waals surface area contributed by atoms with E-state index in [4.69, 9.17) is 5.73 Å². The van der Waals surface area contributed by atoms with Gasteiger partial charge >= 0.3 is 0 Å². The van der Waals surface area contributed by atoms with Crippen molar-refractivity contribution in [3.63, 3.8) is 0 Å². The van der Waals surface area contributed by atoms with Crippen molar-refractivity contribution in [2.45, 2.75) is 32.0 Å². The molecule has 3 nitrogen and oxygen atoms in total. The van der Waals surface area contributed by atoms with Gasteiger partial charge in [0.2, 0.25) is 0 Å². The first-order valence-electron chi connectivity index (χ1n) is 5.96. The van der Waals surface area contributed by atoms with E-state index >= 15 is 0 Å². The first-order chi connectivity index (χ1) is 7.78. The molecule has 1 fully saturated rings. The number of rotatable bonds is 3. The van der Waals surface area contributed by atoms with Crippen molar-refractivity contribution in [3.8, 4) is 0 Å². The monoisotopic (exact) mass is 256 g/mol. The Morgan fingerprint density at radius 1 is 1.24 bits per heavy atom. The number of halogens is 1. The molecule has 1 aliphatic heterocycles. The number of nitrogens with zero attached hydrogens (tertiary/aromatic N) is 1. The average Bonchev–Trinajstić information content (AvgIpc) is 2.30. The maximum atomic E-state index is 9.58. The highest BCUT2D eigenvalue weighted by molar-refractivity contribution is 5.85. The molecule has 1 atom stereocenters. The number of β-amino-alcohol motifs (C(OH)–C–C–N with tert-alkyl or cyclic N) is 1. The van der Waals surface area contributed by atoms with E-state index < -0.39 is 0 Å². The molecule has 2 rings (SSSR count). The van der Waals surface area contributed by atoms with Crippen molar-refractivity contribution >= 4 is 12.4 Å². The molecule has 0 saturated carbocycles. The second-order valence-electron chi connectivity index (χ2n) is 4.55. The van der Waals surface area contributed by atoms with Crippen LogP contribution in [0.5, 0.6) is 0 Å². The number of hydrogen-bond acceptors (Lipinski definition) is 3. The van der Waals surface area contributed by atoms with Crippen LogP contribution in [0.15, 0.2) is 24.3 Å². The maximum Gasteiger partial charge on any atom is 0.0667 e. The van der Waals surface area contributed by atoms with Gasteiger partial charge in [0.25, 0.3) is 0 Å². The highest BCUT2D eigenvalue weighted by Gasteiger charge is 2.17. The number of aliphatic hydroxyl groups is 1. The Kier molecular flexibility index (Phi) is 5.92. The van der Waals surface area contributed by atoms with Gasteiger partial charge < -0.3 is 10.8 Å². The summed E-state index contributed by atoms with van der Waals surface area (Å²) in [5.41, 5.74) is 8.03. The van der Waals surface area contributed by atoms with Gasteiger partial charge in [-0.1, -0.05) is 24.3 Å². The molecule has 17 heavy (non-hydrogen) atoms. The first-order valence-corrected chi connectivity index (χ1v) is 5.96. The van der Waals surface area contributed by atoms with Gasteiger partial charge in [-0.05, 0) is 30.5 Å². The van der Waals surface area contributed by atoms with Crippen LogP contribution in [0.1, 0.15) is 24.0 Å². The van der Waals surface area contributed by atoms with Crippen LogP contribution in [-0.2, 0) is 13.1 Å². The van der Waals surface area contributed by atoms with Crippen LogP contribution in [-0.4, -0.2) is 29.2 Å². The fraction of sp³-hybridized carbons (Fsp3) is 0.538. The molecule has 0 aromatic heterocycles. The first kappa shape index (κ1) is 14.5. The molecule has 0 spiro atoms. The summed E-state index contributed by atoms with van der Waals surface area (Å²) in [5, 5.41) is 9.58. The lowest BCUT2D eigenvalue weighted by Crippen LogP contribution is -2.37. The van der Waals surface area contributed by atoms with E-state index in [0.717, 1.165) is 32.5 Å². The molecule has 96 valence electrons. The van der Waals surface area contributed by atoms with Crippen LogP contribution in [0.2, 0.25) is 0 Å². The SMILES string of the molecule is Cl.NCc1ccc(CN2CCCC(O)C2)cc1. The predicted molar refractivity (Wildman–Crippen MR) is 72.1 cm³/mol. The highest BCUT2D eigenvalue weighted by atomic mass is 35.5. The molecular formula is C13H21ClN2O. The van der Waals surface area contributed by atoms with Gasteiger partial charge in [0.05, 0.1) is 6.10 Å². The molecule has 3 N–H and O–H groups in total. The summed E-state index contributed by atoms with van der Waals surface area (Å²) < 4.78 is 0. The third-order valence-corrected chi connectivity index (χ3v) is 3.15. The molecule has 1 heterocycles. The van der Waals surface area contributed by atoms with Crippen molar-refractivity contribution in [1.82, 2.24) is 4.90 Å². The molecule has 0 amide bonds. The van der Waals surface area contributed by atoms with Gasteiger partial charge in [0.1, 0.15) is 0 Å². The third-order valence-electron chi connectivity index (χ3n) is 3.15. The number of aliphatic hydroxyl groups excluding tert-OH is 1. The Hall–Kier alpha value is -0.610. The quantitative estimate of drug-likeness (QED) is 0.862. The fourth-order valence-corrected chi connectivity index (χ4v) is 2.21. The van der Waals surface area contributed by atoms with Crippen LogP contribution in [0.25, 0.3) is 0 Å². The lowest BCUT2D eigenvalue weighted by atomic mass is 10.1. The van der Waals surface area contributed by atoms with E-state index in [1.807, 2.05) is 0 Å². The Morgan fingerprint density at radius 3 is 2.47 bits per heavy atom. The van der Waals surface area contributed by atoms with Crippen molar-refractivity contribution in [2.24, 2.45) is 5.73 Å². The molecule has 1 aliphatic rings. The number of likely N-dealkylation sites (tertiary alicyclic amines) is 1. The fourth-order valence-electron chi connectivity index (χ4n) is 2.21. The van der Waals surface area contributed by atoms with E-state index in [1.165, 1.54) is 11.1 Å². The molecule has 4 heteroatoms. The Bertz CT molecular complexity index is 329. The third kappa shape index (κ3) is 4.28. The Morgan fingerprint density at radius 2 is 1.88 bits per heavy atom. The van der Waals surface area contributed by atoms with E-state index in [1.54, 1.807) is 0 Å².